The number of pyridine rings is 1. The largest absolute Gasteiger partial charge is 0.490 e. The predicted molar refractivity (Wildman–Crippen MR) is 97.6 cm³/mol. The molecule has 27 heavy (non-hydrogen) atoms. The van der Waals surface area contributed by atoms with Crippen molar-refractivity contribution in [1.82, 2.24) is 9.29 Å². The van der Waals surface area contributed by atoms with Crippen molar-refractivity contribution < 1.29 is 21.9 Å². The molecule has 1 aromatic heterocycles. The van der Waals surface area contributed by atoms with E-state index in [2.05, 4.69) is 4.98 Å². The lowest BCUT2D eigenvalue weighted by molar-refractivity contribution is 0.0163. The van der Waals surface area contributed by atoms with E-state index in [0.29, 0.717) is 16.9 Å². The second kappa shape index (κ2) is 7.16. The van der Waals surface area contributed by atoms with Gasteiger partial charge in [0.25, 0.3) is 5.92 Å². The first kappa shape index (κ1) is 19.7. The van der Waals surface area contributed by atoms with Crippen LogP contribution in [0.4, 0.5) is 8.78 Å². The van der Waals surface area contributed by atoms with Crippen LogP contribution in [0, 0.1) is 20.8 Å². The Morgan fingerprint density at radius 3 is 2.52 bits per heavy atom. The second-order valence-electron chi connectivity index (χ2n) is 6.99. The molecule has 1 aliphatic heterocycles. The van der Waals surface area contributed by atoms with Crippen LogP contribution in [0.5, 0.6) is 5.75 Å². The molecule has 146 valence electrons. The lowest BCUT2D eigenvalue weighted by atomic mass is 10.1. The van der Waals surface area contributed by atoms with Crippen molar-refractivity contribution in [3.05, 3.63) is 53.3 Å². The first-order valence-electron chi connectivity index (χ1n) is 8.60. The summed E-state index contributed by atoms with van der Waals surface area (Å²) < 4.78 is 61.1. The molecule has 5 nitrogen and oxygen atoms in total. The van der Waals surface area contributed by atoms with Gasteiger partial charge < -0.3 is 4.74 Å². The van der Waals surface area contributed by atoms with Gasteiger partial charge in [0.05, 0.1) is 23.7 Å². The quantitative estimate of drug-likeness (QED) is 0.776. The third-order valence-electron chi connectivity index (χ3n) is 4.58. The van der Waals surface area contributed by atoms with Gasteiger partial charge in [-0.2, -0.15) is 4.31 Å². The van der Waals surface area contributed by atoms with Gasteiger partial charge in [-0.05, 0) is 44.0 Å². The monoisotopic (exact) mass is 396 g/mol. The molecule has 3 rings (SSSR count). The zero-order valence-corrected chi connectivity index (χ0v) is 16.3. The minimum Gasteiger partial charge on any atom is -0.490 e. The summed E-state index contributed by atoms with van der Waals surface area (Å²) in [6, 6.07) is 5.84. The highest BCUT2D eigenvalue weighted by molar-refractivity contribution is 7.89. The smallest absolute Gasteiger partial charge is 0.263 e. The highest BCUT2D eigenvalue weighted by atomic mass is 32.2. The highest BCUT2D eigenvalue weighted by Gasteiger charge is 2.50. The van der Waals surface area contributed by atoms with E-state index in [1.54, 1.807) is 44.3 Å². The first-order chi connectivity index (χ1) is 12.6. The average Bonchev–Trinajstić information content (AvgIpc) is 2.88. The van der Waals surface area contributed by atoms with Gasteiger partial charge in [0, 0.05) is 12.6 Å². The van der Waals surface area contributed by atoms with E-state index in [1.807, 2.05) is 6.92 Å². The van der Waals surface area contributed by atoms with Crippen LogP contribution in [0.25, 0.3) is 0 Å². The summed E-state index contributed by atoms with van der Waals surface area (Å²) >= 11 is 0. The summed E-state index contributed by atoms with van der Waals surface area (Å²) in [6.45, 7) is 4.23. The molecule has 2 heterocycles. The maximum Gasteiger partial charge on any atom is 0.263 e. The van der Waals surface area contributed by atoms with Crippen molar-refractivity contribution >= 4 is 10.0 Å². The van der Waals surface area contributed by atoms with Crippen molar-refractivity contribution in [3.63, 3.8) is 0 Å². The van der Waals surface area contributed by atoms with Gasteiger partial charge in [0.2, 0.25) is 10.0 Å². The number of halogens is 2. The molecule has 0 radical (unpaired) electrons. The molecule has 0 spiro atoms. The molecule has 0 saturated carbocycles. The standard InChI is InChI=1S/C19H22F2N2O3S/c1-13-7-14(2)18(15(3)8-13)27(24,25)23-12-19(20,21)9-16(23)11-26-17-5-4-6-22-10-17/h4-8,10,16H,9,11-12H2,1-3H3/t16-/m0/s1. The molecule has 1 aromatic carbocycles. The third-order valence-corrected chi connectivity index (χ3v) is 6.78. The van der Waals surface area contributed by atoms with Crippen LogP contribution in [0.2, 0.25) is 0 Å². The summed E-state index contributed by atoms with van der Waals surface area (Å²) in [4.78, 5) is 3.99. The number of alkyl halides is 2. The Labute approximate surface area is 158 Å². The molecule has 1 aliphatic rings. The Bertz CT molecular complexity index is 910. The molecular weight excluding hydrogens is 374 g/mol. The molecule has 1 saturated heterocycles. The van der Waals surface area contributed by atoms with E-state index in [4.69, 9.17) is 4.74 Å². The number of hydrogen-bond donors (Lipinski definition) is 0. The molecule has 2 aromatic rings. The van der Waals surface area contributed by atoms with Crippen LogP contribution in [0.15, 0.2) is 41.6 Å². The molecule has 0 N–H and O–H groups in total. The van der Waals surface area contributed by atoms with E-state index < -0.39 is 35.0 Å². The van der Waals surface area contributed by atoms with Gasteiger partial charge in [-0.25, -0.2) is 17.2 Å². The van der Waals surface area contributed by atoms with E-state index in [0.717, 1.165) is 9.87 Å². The Morgan fingerprint density at radius 2 is 1.93 bits per heavy atom. The van der Waals surface area contributed by atoms with Crippen LogP contribution in [0.3, 0.4) is 0 Å². The minimum atomic E-state index is -4.08. The normalized spacial score (nSPS) is 20.0. The third kappa shape index (κ3) is 4.11. The van der Waals surface area contributed by atoms with Crippen LogP contribution in [-0.4, -0.2) is 42.8 Å². The van der Waals surface area contributed by atoms with Crippen molar-refractivity contribution in [2.24, 2.45) is 0 Å². The fraction of sp³-hybridized carbons (Fsp3) is 0.421. The van der Waals surface area contributed by atoms with E-state index in [1.165, 1.54) is 6.20 Å². The lowest BCUT2D eigenvalue weighted by Gasteiger charge is -2.25. The number of rotatable bonds is 5. The molecule has 0 unspecified atom stereocenters. The molecule has 0 aliphatic carbocycles. The Balaban J connectivity index is 1.92. The molecule has 8 heteroatoms. The fourth-order valence-corrected chi connectivity index (χ4v) is 5.66. The van der Waals surface area contributed by atoms with Gasteiger partial charge in [-0.15, -0.1) is 0 Å². The van der Waals surface area contributed by atoms with Gasteiger partial charge in [-0.3, -0.25) is 4.98 Å². The maximum absolute atomic E-state index is 14.1. The van der Waals surface area contributed by atoms with Crippen LogP contribution >= 0.6 is 0 Å². The molecular formula is C19H22F2N2O3S. The van der Waals surface area contributed by atoms with Gasteiger partial charge in [0.1, 0.15) is 12.4 Å². The zero-order valence-electron chi connectivity index (χ0n) is 15.4. The molecule has 1 fully saturated rings. The maximum atomic E-state index is 14.1. The SMILES string of the molecule is Cc1cc(C)c(S(=O)(=O)N2CC(F)(F)C[C@H]2COc2cccnc2)c(C)c1. The minimum absolute atomic E-state index is 0.0946. The van der Waals surface area contributed by atoms with Crippen molar-refractivity contribution in [2.75, 3.05) is 13.2 Å². The summed E-state index contributed by atoms with van der Waals surface area (Å²) in [5.41, 5.74) is 2.02. The van der Waals surface area contributed by atoms with Crippen molar-refractivity contribution in [2.45, 2.75) is 44.1 Å². The second-order valence-corrected chi connectivity index (χ2v) is 8.82. The summed E-state index contributed by atoms with van der Waals surface area (Å²) in [5.74, 6) is -2.68. The summed E-state index contributed by atoms with van der Waals surface area (Å²) in [6.07, 6.45) is 2.45. The molecule has 1 atom stereocenters. The van der Waals surface area contributed by atoms with Gasteiger partial charge in [-0.1, -0.05) is 17.7 Å². The Kier molecular flexibility index (Phi) is 5.22. The van der Waals surface area contributed by atoms with E-state index in [-0.39, 0.29) is 11.5 Å². The Hall–Kier alpha value is -2.06. The number of aromatic nitrogens is 1. The molecule has 0 bridgehead atoms. The lowest BCUT2D eigenvalue weighted by Crippen LogP contribution is -2.40. The number of hydrogen-bond acceptors (Lipinski definition) is 4. The number of ether oxygens (including phenoxy) is 1. The zero-order chi connectivity index (χ0) is 19.8. The summed E-state index contributed by atoms with van der Waals surface area (Å²) in [5, 5.41) is 0. The number of aryl methyl sites for hydroxylation is 3. The molecule has 0 amide bonds. The average molecular weight is 396 g/mol. The van der Waals surface area contributed by atoms with Crippen molar-refractivity contribution in [1.29, 1.82) is 0 Å². The van der Waals surface area contributed by atoms with E-state index in [9.17, 15) is 17.2 Å². The van der Waals surface area contributed by atoms with Crippen LogP contribution in [0.1, 0.15) is 23.1 Å². The predicted octanol–water partition coefficient (Wildman–Crippen LogP) is 3.48. The first-order valence-corrected chi connectivity index (χ1v) is 10.0. The Morgan fingerprint density at radius 1 is 1.26 bits per heavy atom. The van der Waals surface area contributed by atoms with Crippen LogP contribution < -0.4 is 4.74 Å². The summed E-state index contributed by atoms with van der Waals surface area (Å²) in [7, 11) is -4.08. The topological polar surface area (TPSA) is 59.5 Å². The number of sulfonamides is 1. The van der Waals surface area contributed by atoms with Crippen LogP contribution in [-0.2, 0) is 10.0 Å². The van der Waals surface area contributed by atoms with Crippen molar-refractivity contribution in [3.8, 4) is 5.75 Å². The number of nitrogens with zero attached hydrogens (tertiary/aromatic N) is 2. The van der Waals surface area contributed by atoms with Gasteiger partial charge >= 0.3 is 0 Å². The van der Waals surface area contributed by atoms with E-state index >= 15 is 0 Å². The highest BCUT2D eigenvalue weighted by Crippen LogP contribution is 2.37. The number of benzene rings is 1. The van der Waals surface area contributed by atoms with Gasteiger partial charge in [0.15, 0.2) is 0 Å². The fourth-order valence-electron chi connectivity index (χ4n) is 3.61.